The van der Waals surface area contributed by atoms with Crippen LogP contribution in [0.3, 0.4) is 0 Å². The number of carbonyl (C=O) groups excluding carboxylic acids is 1. The number of benzene rings is 1. The molecule has 0 bridgehead atoms. The molecule has 1 heterocycles. The number of halogens is 2. The van der Waals surface area contributed by atoms with E-state index in [1.807, 2.05) is 27.1 Å². The molecule has 1 unspecified atom stereocenters. The number of aromatic nitrogens is 2. The monoisotopic (exact) mass is 340 g/mol. The van der Waals surface area contributed by atoms with Crippen LogP contribution in [-0.2, 0) is 13.6 Å². The zero-order valence-corrected chi connectivity index (χ0v) is 14.2. The van der Waals surface area contributed by atoms with Gasteiger partial charge in [-0.15, -0.1) is 0 Å². The first kappa shape index (κ1) is 16.6. The summed E-state index contributed by atoms with van der Waals surface area (Å²) in [7, 11) is 1.85. The van der Waals surface area contributed by atoms with E-state index in [-0.39, 0.29) is 12.1 Å². The minimum Gasteiger partial charge on any atom is -0.334 e. The summed E-state index contributed by atoms with van der Waals surface area (Å²) in [5.74, 6) is 0. The molecular formula is C15H18Cl2N4O. The predicted molar refractivity (Wildman–Crippen MR) is 88.2 cm³/mol. The van der Waals surface area contributed by atoms with Crippen molar-refractivity contribution in [1.29, 1.82) is 0 Å². The molecule has 0 fully saturated rings. The van der Waals surface area contributed by atoms with Gasteiger partial charge in [0.05, 0.1) is 11.7 Å². The first-order chi connectivity index (χ1) is 10.4. The summed E-state index contributed by atoms with van der Waals surface area (Å²) in [6, 6.07) is 4.79. The van der Waals surface area contributed by atoms with Crippen LogP contribution in [0, 0.1) is 6.92 Å². The third kappa shape index (κ3) is 4.15. The van der Waals surface area contributed by atoms with Gasteiger partial charge in [-0.1, -0.05) is 29.3 Å². The fourth-order valence-corrected chi connectivity index (χ4v) is 2.68. The van der Waals surface area contributed by atoms with Crippen molar-refractivity contribution in [3.8, 4) is 0 Å². The van der Waals surface area contributed by atoms with Crippen molar-refractivity contribution < 1.29 is 4.79 Å². The number of rotatable bonds is 4. The predicted octanol–water partition coefficient (Wildman–Crippen LogP) is 3.60. The molecule has 0 aliphatic carbocycles. The summed E-state index contributed by atoms with van der Waals surface area (Å²) < 4.78 is 1.73. The number of nitrogens with one attached hydrogen (secondary N) is 2. The quantitative estimate of drug-likeness (QED) is 0.893. The summed E-state index contributed by atoms with van der Waals surface area (Å²) in [5.41, 5.74) is 2.70. The molecule has 1 aromatic heterocycles. The Labute approximate surface area is 139 Å². The van der Waals surface area contributed by atoms with Crippen molar-refractivity contribution in [3.05, 3.63) is 51.3 Å². The molecule has 2 amide bonds. The van der Waals surface area contributed by atoms with Crippen LogP contribution in [0.2, 0.25) is 10.0 Å². The normalized spacial score (nSPS) is 12.0. The Kier molecular flexibility index (Phi) is 5.32. The Morgan fingerprint density at radius 1 is 1.41 bits per heavy atom. The number of hydrogen-bond donors (Lipinski definition) is 2. The third-order valence-electron chi connectivity index (χ3n) is 3.32. The Balaban J connectivity index is 1.91. The fraction of sp³-hybridized carbons (Fsp3) is 0.333. The highest BCUT2D eigenvalue weighted by atomic mass is 35.5. The molecule has 0 saturated carbocycles. The summed E-state index contributed by atoms with van der Waals surface area (Å²) in [5, 5.41) is 11.0. The van der Waals surface area contributed by atoms with E-state index < -0.39 is 0 Å². The van der Waals surface area contributed by atoms with Crippen LogP contribution >= 0.6 is 23.2 Å². The van der Waals surface area contributed by atoms with Gasteiger partial charge in [0, 0.05) is 35.4 Å². The number of urea groups is 1. The second kappa shape index (κ2) is 7.03. The minimum absolute atomic E-state index is 0.130. The Bertz CT molecular complexity index is 684. The SMILES string of the molecule is Cc1nn(C)cc1C(C)NC(=O)NCc1ccc(Cl)cc1Cl. The molecule has 1 aromatic carbocycles. The second-order valence-electron chi connectivity index (χ2n) is 5.13. The minimum atomic E-state index is -0.262. The lowest BCUT2D eigenvalue weighted by Crippen LogP contribution is -2.36. The van der Waals surface area contributed by atoms with E-state index in [4.69, 9.17) is 23.2 Å². The first-order valence-electron chi connectivity index (χ1n) is 6.85. The van der Waals surface area contributed by atoms with Gasteiger partial charge in [0.1, 0.15) is 0 Å². The van der Waals surface area contributed by atoms with Crippen molar-refractivity contribution in [3.63, 3.8) is 0 Å². The lowest BCUT2D eigenvalue weighted by Gasteiger charge is -2.14. The number of amides is 2. The van der Waals surface area contributed by atoms with Crippen LogP contribution in [0.1, 0.15) is 29.8 Å². The number of hydrogen-bond acceptors (Lipinski definition) is 2. The molecule has 2 rings (SSSR count). The molecule has 5 nitrogen and oxygen atoms in total. The zero-order valence-electron chi connectivity index (χ0n) is 12.7. The molecule has 2 N–H and O–H groups in total. The topological polar surface area (TPSA) is 59.0 Å². The smallest absolute Gasteiger partial charge is 0.315 e. The highest BCUT2D eigenvalue weighted by Crippen LogP contribution is 2.20. The van der Waals surface area contributed by atoms with Crippen molar-refractivity contribution >= 4 is 29.2 Å². The van der Waals surface area contributed by atoms with Gasteiger partial charge in [-0.3, -0.25) is 4.68 Å². The highest BCUT2D eigenvalue weighted by molar-refractivity contribution is 6.35. The van der Waals surface area contributed by atoms with Crippen LogP contribution in [0.25, 0.3) is 0 Å². The molecule has 0 saturated heterocycles. The molecule has 0 spiro atoms. The largest absolute Gasteiger partial charge is 0.334 e. The van der Waals surface area contributed by atoms with E-state index in [0.717, 1.165) is 16.8 Å². The Morgan fingerprint density at radius 2 is 2.14 bits per heavy atom. The summed E-state index contributed by atoms with van der Waals surface area (Å²) in [6.45, 7) is 4.17. The summed E-state index contributed by atoms with van der Waals surface area (Å²) >= 11 is 11.9. The molecule has 0 aliphatic rings. The van der Waals surface area contributed by atoms with Crippen LogP contribution < -0.4 is 10.6 Å². The van der Waals surface area contributed by atoms with Crippen LogP contribution in [-0.4, -0.2) is 15.8 Å². The van der Waals surface area contributed by atoms with E-state index >= 15 is 0 Å². The third-order valence-corrected chi connectivity index (χ3v) is 3.91. The number of carbonyl (C=O) groups is 1. The van der Waals surface area contributed by atoms with E-state index in [1.165, 1.54) is 0 Å². The molecule has 118 valence electrons. The second-order valence-corrected chi connectivity index (χ2v) is 5.97. The van der Waals surface area contributed by atoms with E-state index in [9.17, 15) is 4.79 Å². The Morgan fingerprint density at radius 3 is 2.73 bits per heavy atom. The first-order valence-corrected chi connectivity index (χ1v) is 7.61. The molecule has 2 aromatic rings. The van der Waals surface area contributed by atoms with Gasteiger partial charge >= 0.3 is 6.03 Å². The van der Waals surface area contributed by atoms with E-state index in [0.29, 0.717) is 16.6 Å². The van der Waals surface area contributed by atoms with Crippen LogP contribution in [0.5, 0.6) is 0 Å². The summed E-state index contributed by atoms with van der Waals surface area (Å²) in [4.78, 5) is 12.0. The average molecular weight is 341 g/mol. The standard InChI is InChI=1S/C15H18Cl2N4O/c1-9(13-8-21(3)20-10(13)2)19-15(22)18-7-11-4-5-12(16)6-14(11)17/h4-6,8-9H,7H2,1-3H3,(H2,18,19,22). The number of aryl methyl sites for hydroxylation is 2. The zero-order chi connectivity index (χ0) is 16.3. The van der Waals surface area contributed by atoms with Gasteiger partial charge in [-0.2, -0.15) is 5.10 Å². The molecule has 0 radical (unpaired) electrons. The van der Waals surface area contributed by atoms with Crippen molar-refractivity contribution in [2.24, 2.45) is 7.05 Å². The van der Waals surface area contributed by atoms with Crippen LogP contribution in [0.4, 0.5) is 4.79 Å². The maximum absolute atomic E-state index is 12.0. The van der Waals surface area contributed by atoms with Gasteiger partial charge in [-0.25, -0.2) is 4.79 Å². The summed E-state index contributed by atoms with van der Waals surface area (Å²) in [6.07, 6.45) is 1.90. The van der Waals surface area contributed by atoms with Crippen LogP contribution in [0.15, 0.2) is 24.4 Å². The Hall–Kier alpha value is -1.72. The fourth-order valence-electron chi connectivity index (χ4n) is 2.21. The van der Waals surface area contributed by atoms with Gasteiger partial charge in [0.15, 0.2) is 0 Å². The van der Waals surface area contributed by atoms with Gasteiger partial charge < -0.3 is 10.6 Å². The van der Waals surface area contributed by atoms with Crippen molar-refractivity contribution in [2.75, 3.05) is 0 Å². The molecular weight excluding hydrogens is 323 g/mol. The van der Waals surface area contributed by atoms with E-state index in [1.54, 1.807) is 22.9 Å². The molecule has 1 atom stereocenters. The maximum Gasteiger partial charge on any atom is 0.315 e. The lowest BCUT2D eigenvalue weighted by molar-refractivity contribution is 0.237. The maximum atomic E-state index is 12.0. The number of nitrogens with zero attached hydrogens (tertiary/aromatic N) is 2. The molecule has 22 heavy (non-hydrogen) atoms. The van der Waals surface area contributed by atoms with Gasteiger partial charge in [0.25, 0.3) is 0 Å². The molecule has 7 heteroatoms. The molecule has 0 aliphatic heterocycles. The van der Waals surface area contributed by atoms with Gasteiger partial charge in [-0.05, 0) is 31.5 Å². The van der Waals surface area contributed by atoms with Crippen molar-refractivity contribution in [1.82, 2.24) is 20.4 Å². The van der Waals surface area contributed by atoms with E-state index in [2.05, 4.69) is 15.7 Å². The van der Waals surface area contributed by atoms with Crippen molar-refractivity contribution in [2.45, 2.75) is 26.4 Å². The average Bonchev–Trinajstić information content (AvgIpc) is 2.77. The highest BCUT2D eigenvalue weighted by Gasteiger charge is 2.14. The van der Waals surface area contributed by atoms with Gasteiger partial charge in [0.2, 0.25) is 0 Å². The lowest BCUT2D eigenvalue weighted by atomic mass is 10.1.